The summed E-state index contributed by atoms with van der Waals surface area (Å²) in [4.78, 5) is 19.9. The number of anilines is 1. The van der Waals surface area contributed by atoms with Crippen LogP contribution >= 0.6 is 12.2 Å². The number of benzene rings is 2. The molecule has 0 aliphatic carbocycles. The van der Waals surface area contributed by atoms with Crippen LogP contribution in [0.3, 0.4) is 0 Å². The van der Waals surface area contributed by atoms with Gasteiger partial charge in [-0.15, -0.1) is 0 Å². The van der Waals surface area contributed by atoms with Crippen LogP contribution in [0.25, 0.3) is 5.69 Å². The maximum Gasteiger partial charge on any atom is 0.226 e. The summed E-state index contributed by atoms with van der Waals surface area (Å²) in [7, 11) is 1.59. The van der Waals surface area contributed by atoms with Crippen LogP contribution in [0.1, 0.15) is 52.3 Å². The van der Waals surface area contributed by atoms with Gasteiger partial charge in [-0.25, -0.2) is 0 Å². The molecule has 0 spiro atoms. The fourth-order valence-corrected chi connectivity index (χ4v) is 6.09. The standard InChI is InChI=1S/C32H35N5O2S/c1-20-11-10-12-21(2)30(20)37-22(3)19-24(23(37)4)31-29(26-14-8-9-17-33-26)35-32(40)36(31)18-16-28(38)34-25-13-6-7-15-27(25)39-5/h6-15,17,19,29,31H,16,18H2,1-5H3,(H,34,38)(H,35,40)/t29-,31-/m1/s1. The molecule has 0 saturated carbocycles. The summed E-state index contributed by atoms with van der Waals surface area (Å²) in [6, 6.07) is 21.7. The predicted molar refractivity (Wildman–Crippen MR) is 163 cm³/mol. The number of methoxy groups -OCH3 is 1. The minimum Gasteiger partial charge on any atom is -0.495 e. The van der Waals surface area contributed by atoms with Crippen molar-refractivity contribution in [2.75, 3.05) is 19.0 Å². The number of amides is 1. The molecule has 206 valence electrons. The molecule has 1 saturated heterocycles. The van der Waals surface area contributed by atoms with Gasteiger partial charge in [0, 0.05) is 30.6 Å². The average molecular weight is 554 g/mol. The fraction of sp³-hybridized carbons (Fsp3) is 0.281. The zero-order valence-corrected chi connectivity index (χ0v) is 24.4. The highest BCUT2D eigenvalue weighted by Gasteiger charge is 2.41. The molecule has 2 aromatic heterocycles. The van der Waals surface area contributed by atoms with Crippen molar-refractivity contribution >= 4 is 28.9 Å². The number of carbonyl (C=O) groups is 1. The highest BCUT2D eigenvalue weighted by Crippen LogP contribution is 2.42. The van der Waals surface area contributed by atoms with Gasteiger partial charge < -0.3 is 24.8 Å². The first-order valence-electron chi connectivity index (χ1n) is 13.5. The summed E-state index contributed by atoms with van der Waals surface area (Å²) in [6.07, 6.45) is 2.07. The lowest BCUT2D eigenvalue weighted by Crippen LogP contribution is -2.33. The Morgan fingerprint density at radius 3 is 2.45 bits per heavy atom. The molecule has 1 aliphatic heterocycles. The van der Waals surface area contributed by atoms with Crippen LogP contribution in [0.4, 0.5) is 5.69 Å². The summed E-state index contributed by atoms with van der Waals surface area (Å²) in [5.41, 5.74) is 8.67. The highest BCUT2D eigenvalue weighted by molar-refractivity contribution is 7.80. The van der Waals surface area contributed by atoms with Crippen LogP contribution in [0.15, 0.2) is 72.9 Å². The third-order valence-corrected chi connectivity index (χ3v) is 7.96. The SMILES string of the molecule is COc1ccccc1NC(=O)CCN1C(=S)N[C@H](c2ccccn2)[C@H]1c1cc(C)n(-c2c(C)cccc2C)c1C. The molecular weight excluding hydrogens is 518 g/mol. The minimum absolute atomic E-state index is 0.103. The van der Waals surface area contributed by atoms with Gasteiger partial charge in [0.2, 0.25) is 5.91 Å². The maximum absolute atomic E-state index is 13.1. The van der Waals surface area contributed by atoms with Gasteiger partial charge in [-0.1, -0.05) is 36.4 Å². The highest BCUT2D eigenvalue weighted by atomic mass is 32.1. The third kappa shape index (κ3) is 5.19. The number of aromatic nitrogens is 2. The molecule has 1 amide bonds. The molecule has 0 radical (unpaired) electrons. The Morgan fingerprint density at radius 1 is 1.02 bits per heavy atom. The first-order valence-corrected chi connectivity index (χ1v) is 13.9. The predicted octanol–water partition coefficient (Wildman–Crippen LogP) is 6.12. The number of nitrogens with one attached hydrogen (secondary N) is 2. The van der Waals surface area contributed by atoms with Gasteiger partial charge in [0.05, 0.1) is 36.3 Å². The number of nitrogens with zero attached hydrogens (tertiary/aromatic N) is 3. The first-order chi connectivity index (χ1) is 19.3. The lowest BCUT2D eigenvalue weighted by atomic mass is 9.96. The number of ether oxygens (including phenoxy) is 1. The van der Waals surface area contributed by atoms with Crippen molar-refractivity contribution in [1.82, 2.24) is 19.8 Å². The quantitative estimate of drug-likeness (QED) is 0.256. The van der Waals surface area contributed by atoms with E-state index in [2.05, 4.69) is 77.0 Å². The van der Waals surface area contributed by atoms with E-state index in [1.54, 1.807) is 13.3 Å². The van der Waals surface area contributed by atoms with Crippen LogP contribution in [-0.2, 0) is 4.79 Å². The van der Waals surface area contributed by atoms with Gasteiger partial charge in [-0.2, -0.15) is 0 Å². The lowest BCUT2D eigenvalue weighted by Gasteiger charge is -2.28. The normalized spacial score (nSPS) is 16.6. The van der Waals surface area contributed by atoms with Crippen molar-refractivity contribution in [3.05, 3.63) is 107 Å². The van der Waals surface area contributed by atoms with E-state index in [1.165, 1.54) is 16.8 Å². The van der Waals surface area contributed by atoms with Crippen molar-refractivity contribution in [3.8, 4) is 11.4 Å². The second-order valence-corrected chi connectivity index (χ2v) is 10.6. The molecule has 40 heavy (non-hydrogen) atoms. The number of hydrogen-bond acceptors (Lipinski definition) is 4. The fourth-order valence-electron chi connectivity index (χ4n) is 5.76. The molecule has 2 N–H and O–H groups in total. The van der Waals surface area contributed by atoms with E-state index in [9.17, 15) is 4.79 Å². The van der Waals surface area contributed by atoms with Gasteiger partial charge in [0.25, 0.3) is 0 Å². The average Bonchev–Trinajstić information content (AvgIpc) is 3.43. The van der Waals surface area contributed by atoms with E-state index in [1.807, 2.05) is 42.5 Å². The number of rotatable bonds is 8. The van der Waals surface area contributed by atoms with Crippen molar-refractivity contribution in [3.63, 3.8) is 0 Å². The van der Waals surface area contributed by atoms with Crippen LogP contribution in [0, 0.1) is 27.7 Å². The van der Waals surface area contributed by atoms with Crippen LogP contribution in [-0.4, -0.2) is 39.1 Å². The zero-order chi connectivity index (χ0) is 28.4. The Labute approximate surface area is 241 Å². The topological polar surface area (TPSA) is 71.4 Å². The third-order valence-electron chi connectivity index (χ3n) is 7.61. The second kappa shape index (κ2) is 11.5. The Hall–Kier alpha value is -4.17. The molecular formula is C32H35N5O2S. The molecule has 4 aromatic rings. The van der Waals surface area contributed by atoms with Gasteiger partial charge in [0.1, 0.15) is 5.75 Å². The van der Waals surface area contributed by atoms with E-state index in [0.717, 1.165) is 22.6 Å². The van der Waals surface area contributed by atoms with E-state index >= 15 is 0 Å². The number of thiocarbonyl (C=S) groups is 1. The molecule has 2 atom stereocenters. The molecule has 8 heteroatoms. The summed E-state index contributed by atoms with van der Waals surface area (Å²) in [6.45, 7) is 9.06. The van der Waals surface area contributed by atoms with Gasteiger partial charge in [0.15, 0.2) is 5.11 Å². The molecule has 2 aromatic carbocycles. The van der Waals surface area contributed by atoms with Crippen molar-refractivity contribution in [1.29, 1.82) is 0 Å². The minimum atomic E-state index is -0.155. The molecule has 7 nitrogen and oxygen atoms in total. The smallest absolute Gasteiger partial charge is 0.226 e. The zero-order valence-electron chi connectivity index (χ0n) is 23.6. The summed E-state index contributed by atoms with van der Waals surface area (Å²) >= 11 is 5.86. The number of para-hydroxylation sites is 3. The van der Waals surface area contributed by atoms with Crippen molar-refractivity contribution < 1.29 is 9.53 Å². The van der Waals surface area contributed by atoms with Crippen molar-refractivity contribution in [2.24, 2.45) is 0 Å². The molecule has 5 rings (SSSR count). The summed E-state index contributed by atoms with van der Waals surface area (Å²) in [5.74, 6) is 0.523. The largest absolute Gasteiger partial charge is 0.495 e. The van der Waals surface area contributed by atoms with E-state index in [0.29, 0.717) is 23.1 Å². The maximum atomic E-state index is 13.1. The Kier molecular flexibility index (Phi) is 7.89. The number of hydrogen-bond donors (Lipinski definition) is 2. The molecule has 0 bridgehead atoms. The van der Waals surface area contributed by atoms with Crippen molar-refractivity contribution in [2.45, 2.75) is 46.2 Å². The molecule has 1 aliphatic rings. The van der Waals surface area contributed by atoms with E-state index in [-0.39, 0.29) is 24.4 Å². The van der Waals surface area contributed by atoms with E-state index in [4.69, 9.17) is 17.0 Å². The lowest BCUT2D eigenvalue weighted by molar-refractivity contribution is -0.116. The number of pyridine rings is 1. The van der Waals surface area contributed by atoms with Gasteiger partial charge in [-0.05, 0) is 86.9 Å². The second-order valence-electron chi connectivity index (χ2n) is 10.2. The van der Waals surface area contributed by atoms with Crippen LogP contribution in [0.5, 0.6) is 5.75 Å². The number of carbonyl (C=O) groups excluding carboxylic acids is 1. The van der Waals surface area contributed by atoms with Crippen LogP contribution in [0.2, 0.25) is 0 Å². The van der Waals surface area contributed by atoms with Gasteiger partial charge in [-0.3, -0.25) is 9.78 Å². The number of aryl methyl sites for hydroxylation is 3. The summed E-state index contributed by atoms with van der Waals surface area (Å²) < 4.78 is 7.73. The molecule has 3 heterocycles. The Morgan fingerprint density at radius 2 is 1.75 bits per heavy atom. The monoisotopic (exact) mass is 553 g/mol. The first kappa shape index (κ1) is 27.4. The van der Waals surface area contributed by atoms with Crippen LogP contribution < -0.4 is 15.4 Å². The summed E-state index contributed by atoms with van der Waals surface area (Å²) in [5, 5.41) is 7.11. The Bertz CT molecular complexity index is 1530. The molecule has 1 fully saturated rings. The van der Waals surface area contributed by atoms with Gasteiger partial charge >= 0.3 is 0 Å². The molecule has 0 unspecified atom stereocenters. The van der Waals surface area contributed by atoms with E-state index < -0.39 is 0 Å². The Balaban J connectivity index is 1.49.